The molecule has 0 unspecified atom stereocenters. The molecule has 2 aliphatic rings. The molecule has 1 atom stereocenters. The molecule has 3 heterocycles. The highest BCUT2D eigenvalue weighted by atomic mass is 32.1. The first kappa shape index (κ1) is 21.7. The number of ether oxygens (including phenoxy) is 1. The van der Waals surface area contributed by atoms with Gasteiger partial charge in [-0.25, -0.2) is 14.8 Å². The number of nitrogens with zero attached hydrogens (tertiary/aromatic N) is 4. The van der Waals surface area contributed by atoms with E-state index >= 15 is 0 Å². The fourth-order valence-electron chi connectivity index (χ4n) is 4.19. The van der Waals surface area contributed by atoms with Gasteiger partial charge in [0, 0.05) is 43.4 Å². The first-order valence-electron chi connectivity index (χ1n) is 10.9. The van der Waals surface area contributed by atoms with Crippen molar-refractivity contribution < 1.29 is 14.3 Å². The number of amides is 1. The number of carbonyl (C=O) groups is 2. The zero-order valence-corrected chi connectivity index (χ0v) is 18.9. The van der Waals surface area contributed by atoms with Crippen molar-refractivity contribution in [3.05, 3.63) is 34.5 Å². The van der Waals surface area contributed by atoms with E-state index in [0.29, 0.717) is 29.6 Å². The molecule has 2 aromatic rings. The summed E-state index contributed by atoms with van der Waals surface area (Å²) in [7, 11) is 0. The molecule has 1 aliphatic heterocycles. The number of thiophene rings is 1. The van der Waals surface area contributed by atoms with E-state index in [2.05, 4.69) is 32.0 Å². The number of aromatic nitrogens is 2. The normalized spacial score (nSPS) is 19.0. The fraction of sp³-hybridized carbons (Fsp3) is 0.545. The van der Waals surface area contributed by atoms with Crippen LogP contribution in [0.5, 0.6) is 0 Å². The van der Waals surface area contributed by atoms with Gasteiger partial charge >= 0.3 is 5.97 Å². The van der Waals surface area contributed by atoms with E-state index in [4.69, 9.17) is 4.74 Å². The third-order valence-electron chi connectivity index (χ3n) is 5.82. The molecule has 2 aromatic heterocycles. The smallest absolute Gasteiger partial charge is 0.341 e. The van der Waals surface area contributed by atoms with Crippen LogP contribution in [-0.4, -0.2) is 66.1 Å². The number of hydrogen-bond donors (Lipinski definition) is 1. The van der Waals surface area contributed by atoms with E-state index in [9.17, 15) is 9.59 Å². The highest BCUT2D eigenvalue weighted by molar-refractivity contribution is 7.17. The maximum Gasteiger partial charge on any atom is 0.341 e. The van der Waals surface area contributed by atoms with Crippen LogP contribution in [-0.2, 0) is 22.4 Å². The lowest BCUT2D eigenvalue weighted by Crippen LogP contribution is -2.49. The summed E-state index contributed by atoms with van der Waals surface area (Å²) >= 11 is 1.53. The molecule has 8 nitrogen and oxygen atoms in total. The minimum absolute atomic E-state index is 0.0957. The quantitative estimate of drug-likeness (QED) is 0.687. The molecule has 166 valence electrons. The van der Waals surface area contributed by atoms with E-state index in [1.165, 1.54) is 16.2 Å². The van der Waals surface area contributed by atoms with Gasteiger partial charge in [-0.05, 0) is 43.7 Å². The summed E-state index contributed by atoms with van der Waals surface area (Å²) in [5, 5.41) is 3.65. The lowest BCUT2D eigenvalue weighted by atomic mass is 9.88. The number of fused-ring (bicyclic) bond motifs is 1. The number of hydrogen-bond acceptors (Lipinski definition) is 8. The zero-order valence-electron chi connectivity index (χ0n) is 18.1. The van der Waals surface area contributed by atoms with Gasteiger partial charge in [0.1, 0.15) is 5.00 Å². The minimum Gasteiger partial charge on any atom is -0.462 e. The Bertz CT molecular complexity index is 925. The topological polar surface area (TPSA) is 87.7 Å². The average Bonchev–Trinajstić information content (AvgIpc) is 3.11. The molecule has 0 saturated carbocycles. The van der Waals surface area contributed by atoms with E-state index < -0.39 is 0 Å². The molecule has 0 aromatic carbocycles. The van der Waals surface area contributed by atoms with Crippen LogP contribution in [0.1, 0.15) is 41.1 Å². The van der Waals surface area contributed by atoms with Gasteiger partial charge in [-0.3, -0.25) is 9.69 Å². The van der Waals surface area contributed by atoms with E-state index in [1.54, 1.807) is 25.4 Å². The molecule has 1 fully saturated rings. The maximum absolute atomic E-state index is 12.8. The average molecular weight is 444 g/mol. The van der Waals surface area contributed by atoms with Gasteiger partial charge in [-0.15, -0.1) is 11.3 Å². The molecule has 0 radical (unpaired) electrons. The first-order valence-corrected chi connectivity index (χ1v) is 11.7. The second-order valence-corrected chi connectivity index (χ2v) is 9.24. The van der Waals surface area contributed by atoms with Crippen molar-refractivity contribution in [2.24, 2.45) is 5.92 Å². The van der Waals surface area contributed by atoms with Crippen LogP contribution in [0.3, 0.4) is 0 Å². The number of rotatable bonds is 6. The molecule has 4 rings (SSSR count). The lowest BCUT2D eigenvalue weighted by molar-refractivity contribution is -0.117. The van der Waals surface area contributed by atoms with Gasteiger partial charge < -0.3 is 15.0 Å². The van der Waals surface area contributed by atoms with Gasteiger partial charge in [0.05, 0.1) is 18.7 Å². The molecular weight excluding hydrogens is 414 g/mol. The Labute approximate surface area is 186 Å². The number of nitrogens with one attached hydrogen (secondary N) is 1. The van der Waals surface area contributed by atoms with Crippen LogP contribution in [0.2, 0.25) is 0 Å². The van der Waals surface area contributed by atoms with E-state index in [0.717, 1.165) is 57.0 Å². The molecule has 1 N–H and O–H groups in total. The summed E-state index contributed by atoms with van der Waals surface area (Å²) in [5.74, 6) is 0.890. The van der Waals surface area contributed by atoms with Gasteiger partial charge in [0.25, 0.3) is 0 Å². The van der Waals surface area contributed by atoms with Crippen molar-refractivity contribution in [3.63, 3.8) is 0 Å². The summed E-state index contributed by atoms with van der Waals surface area (Å²) in [6.07, 6.45) is 6.35. The number of carbonyl (C=O) groups excluding carboxylic acids is 2. The molecule has 1 amide bonds. The monoisotopic (exact) mass is 443 g/mol. The van der Waals surface area contributed by atoms with E-state index in [-0.39, 0.29) is 11.9 Å². The van der Waals surface area contributed by atoms with Crippen molar-refractivity contribution in [1.29, 1.82) is 0 Å². The van der Waals surface area contributed by atoms with Crippen LogP contribution in [0.15, 0.2) is 18.5 Å². The number of piperazine rings is 1. The fourth-order valence-corrected chi connectivity index (χ4v) is 5.60. The summed E-state index contributed by atoms with van der Waals surface area (Å²) < 4.78 is 5.29. The van der Waals surface area contributed by atoms with Crippen molar-refractivity contribution >= 4 is 34.2 Å². The van der Waals surface area contributed by atoms with E-state index in [1.807, 2.05) is 0 Å². The second-order valence-electron chi connectivity index (χ2n) is 8.14. The first-order chi connectivity index (χ1) is 15.0. The lowest BCUT2D eigenvalue weighted by Gasteiger charge is -2.34. The summed E-state index contributed by atoms with van der Waals surface area (Å²) in [6, 6.07) is 1.80. The number of esters is 1. The van der Waals surface area contributed by atoms with Crippen molar-refractivity contribution in [1.82, 2.24) is 14.9 Å². The highest BCUT2D eigenvalue weighted by Gasteiger charge is 2.29. The number of anilines is 2. The summed E-state index contributed by atoms with van der Waals surface area (Å²) in [6.45, 7) is 7.71. The van der Waals surface area contributed by atoms with Crippen LogP contribution in [0.4, 0.5) is 10.9 Å². The molecule has 31 heavy (non-hydrogen) atoms. The molecule has 9 heteroatoms. The predicted molar refractivity (Wildman–Crippen MR) is 121 cm³/mol. The Hall–Kier alpha value is -2.52. The van der Waals surface area contributed by atoms with Crippen LogP contribution in [0.25, 0.3) is 0 Å². The second kappa shape index (κ2) is 9.74. The Kier molecular flexibility index (Phi) is 6.82. The summed E-state index contributed by atoms with van der Waals surface area (Å²) in [5.41, 5.74) is 1.63. The minimum atomic E-state index is -0.332. The Morgan fingerprint density at radius 2 is 1.97 bits per heavy atom. The van der Waals surface area contributed by atoms with Gasteiger partial charge in [-0.1, -0.05) is 6.92 Å². The highest BCUT2D eigenvalue weighted by Crippen LogP contribution is 2.40. The zero-order chi connectivity index (χ0) is 21.8. The van der Waals surface area contributed by atoms with Gasteiger partial charge in [0.2, 0.25) is 11.9 Å². The van der Waals surface area contributed by atoms with Crippen LogP contribution >= 0.6 is 11.3 Å². The Balaban J connectivity index is 1.39. The van der Waals surface area contributed by atoms with Crippen molar-refractivity contribution in [3.8, 4) is 0 Å². The largest absolute Gasteiger partial charge is 0.462 e. The molecular formula is C22H29N5O3S. The van der Waals surface area contributed by atoms with Gasteiger partial charge in [-0.2, -0.15) is 0 Å². The predicted octanol–water partition coefficient (Wildman–Crippen LogP) is 2.60. The standard InChI is InChI=1S/C22H29N5O3S/c1-3-30-21(29)19-16-6-5-15(2)13-17(16)31-20(19)25-18(28)14-26-9-11-27(12-10-26)22-23-7-4-8-24-22/h4,7-8,15H,3,5-6,9-14H2,1-2H3,(H,25,28)/t15-/m0/s1. The SMILES string of the molecule is CCOC(=O)c1c(NC(=O)CN2CCN(c3ncccn3)CC2)sc2c1CC[C@H](C)C2. The molecule has 1 aliphatic carbocycles. The Morgan fingerprint density at radius 1 is 1.23 bits per heavy atom. The van der Waals surface area contributed by atoms with Crippen molar-refractivity contribution in [2.45, 2.75) is 33.1 Å². The van der Waals surface area contributed by atoms with Crippen molar-refractivity contribution in [2.75, 3.05) is 49.5 Å². The van der Waals surface area contributed by atoms with Crippen LogP contribution in [0, 0.1) is 5.92 Å². The molecule has 1 saturated heterocycles. The molecule has 0 bridgehead atoms. The third kappa shape index (κ3) is 5.04. The third-order valence-corrected chi connectivity index (χ3v) is 6.99. The van der Waals surface area contributed by atoms with Gasteiger partial charge in [0.15, 0.2) is 0 Å². The molecule has 0 spiro atoms. The summed E-state index contributed by atoms with van der Waals surface area (Å²) in [4.78, 5) is 39.5. The maximum atomic E-state index is 12.8. The van der Waals surface area contributed by atoms with Crippen LogP contribution < -0.4 is 10.2 Å². The Morgan fingerprint density at radius 3 is 2.68 bits per heavy atom.